The number of esters is 1. The monoisotopic (exact) mass is 318 g/mol. The molecule has 0 spiro atoms. The second-order valence-electron chi connectivity index (χ2n) is 6.33. The molecule has 0 saturated carbocycles. The second kappa shape index (κ2) is 6.81. The van der Waals surface area contributed by atoms with Crippen LogP contribution in [0.15, 0.2) is 24.4 Å². The predicted molar refractivity (Wildman–Crippen MR) is 86.0 cm³/mol. The van der Waals surface area contributed by atoms with Gasteiger partial charge in [0.25, 0.3) is 0 Å². The first-order valence-corrected chi connectivity index (χ1v) is 7.52. The Bertz CT molecular complexity index is 632. The van der Waals surface area contributed by atoms with Gasteiger partial charge in [0, 0.05) is 19.3 Å². The molecule has 1 amide bonds. The largest absolute Gasteiger partial charge is 0.464 e. The smallest absolute Gasteiger partial charge is 0.410 e. The molecule has 1 aliphatic heterocycles. The highest BCUT2D eigenvalue weighted by Gasteiger charge is 2.24. The normalized spacial score (nSPS) is 15.0. The Morgan fingerprint density at radius 3 is 2.61 bits per heavy atom. The summed E-state index contributed by atoms with van der Waals surface area (Å²) in [6.45, 7) is 6.61. The summed E-state index contributed by atoms with van der Waals surface area (Å²) in [4.78, 5) is 29.3. The van der Waals surface area contributed by atoms with Crippen molar-refractivity contribution in [3.8, 4) is 0 Å². The molecule has 0 radical (unpaired) electrons. The lowest BCUT2D eigenvalue weighted by Gasteiger charge is -2.29. The highest BCUT2D eigenvalue weighted by Crippen LogP contribution is 2.23. The predicted octanol–water partition coefficient (Wildman–Crippen LogP) is 2.89. The van der Waals surface area contributed by atoms with E-state index in [1.807, 2.05) is 32.9 Å². The molecular formula is C17H22N2O4. The van der Waals surface area contributed by atoms with Crippen molar-refractivity contribution in [2.45, 2.75) is 32.8 Å². The van der Waals surface area contributed by atoms with E-state index in [0.29, 0.717) is 19.5 Å². The Labute approximate surface area is 136 Å². The van der Waals surface area contributed by atoms with Crippen LogP contribution in [-0.2, 0) is 9.47 Å². The first kappa shape index (κ1) is 17.0. The summed E-state index contributed by atoms with van der Waals surface area (Å²) < 4.78 is 10.1. The third kappa shape index (κ3) is 4.55. The maximum Gasteiger partial charge on any atom is 0.410 e. The Hall–Kier alpha value is -2.37. The molecule has 0 bridgehead atoms. The van der Waals surface area contributed by atoms with Gasteiger partial charge in [-0.1, -0.05) is 6.08 Å². The summed E-state index contributed by atoms with van der Waals surface area (Å²) in [5.41, 5.74) is 1.78. The minimum Gasteiger partial charge on any atom is -0.464 e. The molecule has 6 heteroatoms. The zero-order valence-corrected chi connectivity index (χ0v) is 14.0. The number of hydrogen-bond donors (Lipinski definition) is 0. The van der Waals surface area contributed by atoms with Crippen molar-refractivity contribution in [3.63, 3.8) is 0 Å². The number of methoxy groups -OCH3 is 1. The maximum atomic E-state index is 12.0. The van der Waals surface area contributed by atoms with Gasteiger partial charge in [-0.3, -0.25) is 0 Å². The van der Waals surface area contributed by atoms with E-state index in [2.05, 4.69) is 9.72 Å². The van der Waals surface area contributed by atoms with Gasteiger partial charge in [-0.25, -0.2) is 14.6 Å². The van der Waals surface area contributed by atoms with Crippen LogP contribution in [0.2, 0.25) is 0 Å². The number of nitrogens with zero attached hydrogens (tertiary/aromatic N) is 2. The second-order valence-corrected chi connectivity index (χ2v) is 6.33. The number of hydrogen-bond acceptors (Lipinski definition) is 5. The van der Waals surface area contributed by atoms with E-state index in [0.717, 1.165) is 11.1 Å². The summed E-state index contributed by atoms with van der Waals surface area (Å²) >= 11 is 0. The van der Waals surface area contributed by atoms with Gasteiger partial charge in [0.2, 0.25) is 0 Å². The molecule has 0 atom stereocenters. The fourth-order valence-corrected chi connectivity index (χ4v) is 2.27. The van der Waals surface area contributed by atoms with Gasteiger partial charge < -0.3 is 14.4 Å². The Balaban J connectivity index is 2.07. The molecule has 0 N–H and O–H groups in total. The summed E-state index contributed by atoms with van der Waals surface area (Å²) in [6.07, 6.45) is 3.95. The number of ether oxygens (including phenoxy) is 2. The molecule has 0 unspecified atom stereocenters. The van der Waals surface area contributed by atoms with Crippen molar-refractivity contribution in [1.82, 2.24) is 9.88 Å². The number of carbonyl (C=O) groups is 2. The first-order valence-electron chi connectivity index (χ1n) is 7.52. The third-order valence-corrected chi connectivity index (χ3v) is 3.39. The summed E-state index contributed by atoms with van der Waals surface area (Å²) in [7, 11) is 1.33. The van der Waals surface area contributed by atoms with E-state index in [1.54, 1.807) is 17.2 Å². The van der Waals surface area contributed by atoms with E-state index in [4.69, 9.17) is 4.74 Å². The van der Waals surface area contributed by atoms with Crippen LogP contribution >= 0.6 is 0 Å². The van der Waals surface area contributed by atoms with Gasteiger partial charge in [-0.05, 0) is 50.5 Å². The summed E-state index contributed by atoms with van der Waals surface area (Å²) in [5, 5.41) is 0. The topological polar surface area (TPSA) is 68.7 Å². The van der Waals surface area contributed by atoms with Crippen molar-refractivity contribution in [3.05, 3.63) is 35.7 Å². The number of aromatic nitrogens is 1. The molecule has 6 nitrogen and oxygen atoms in total. The number of carbonyl (C=O) groups excluding carboxylic acids is 2. The Kier molecular flexibility index (Phi) is 5.03. The van der Waals surface area contributed by atoms with Crippen LogP contribution < -0.4 is 0 Å². The van der Waals surface area contributed by atoms with Crippen molar-refractivity contribution >= 4 is 17.6 Å². The SMILES string of the molecule is COC(=O)c1cc(C2=CCN(C(=O)OC(C)(C)C)CC2)ccn1. The quantitative estimate of drug-likeness (QED) is 0.784. The highest BCUT2D eigenvalue weighted by atomic mass is 16.6. The minimum absolute atomic E-state index is 0.278. The fraction of sp³-hybridized carbons (Fsp3) is 0.471. The molecule has 1 aliphatic rings. The lowest BCUT2D eigenvalue weighted by Crippen LogP contribution is -2.39. The average molecular weight is 318 g/mol. The summed E-state index contributed by atoms with van der Waals surface area (Å²) in [5.74, 6) is -0.460. The number of amides is 1. The van der Waals surface area contributed by atoms with Gasteiger partial charge >= 0.3 is 12.1 Å². The molecule has 0 fully saturated rings. The van der Waals surface area contributed by atoms with Gasteiger partial charge in [0.05, 0.1) is 7.11 Å². The Morgan fingerprint density at radius 2 is 2.04 bits per heavy atom. The van der Waals surface area contributed by atoms with Crippen LogP contribution in [0.25, 0.3) is 5.57 Å². The molecular weight excluding hydrogens is 296 g/mol. The lowest BCUT2D eigenvalue weighted by molar-refractivity contribution is 0.0270. The molecule has 1 aromatic heterocycles. The van der Waals surface area contributed by atoms with E-state index >= 15 is 0 Å². The summed E-state index contributed by atoms with van der Waals surface area (Å²) in [6, 6.07) is 3.56. The van der Waals surface area contributed by atoms with E-state index in [-0.39, 0.29) is 11.8 Å². The molecule has 2 rings (SSSR count). The Morgan fingerprint density at radius 1 is 1.30 bits per heavy atom. The standard InChI is InChI=1S/C17H22N2O4/c1-17(2,3)23-16(21)19-9-6-12(7-10-19)13-5-8-18-14(11-13)15(20)22-4/h5-6,8,11H,7,9-10H2,1-4H3. The third-order valence-electron chi connectivity index (χ3n) is 3.39. The van der Waals surface area contributed by atoms with Crippen molar-refractivity contribution < 1.29 is 19.1 Å². The molecule has 0 saturated heterocycles. The molecule has 1 aromatic rings. The highest BCUT2D eigenvalue weighted by molar-refractivity contribution is 5.88. The van der Waals surface area contributed by atoms with Crippen LogP contribution in [-0.4, -0.2) is 47.7 Å². The van der Waals surface area contributed by atoms with Crippen molar-refractivity contribution in [2.24, 2.45) is 0 Å². The van der Waals surface area contributed by atoms with Gasteiger partial charge in [0.1, 0.15) is 11.3 Å². The van der Waals surface area contributed by atoms with Crippen molar-refractivity contribution in [1.29, 1.82) is 0 Å². The van der Waals surface area contributed by atoms with Crippen LogP contribution in [0.3, 0.4) is 0 Å². The van der Waals surface area contributed by atoms with Crippen molar-refractivity contribution in [2.75, 3.05) is 20.2 Å². The molecule has 2 heterocycles. The van der Waals surface area contributed by atoms with Crippen LogP contribution in [0, 0.1) is 0 Å². The van der Waals surface area contributed by atoms with E-state index < -0.39 is 11.6 Å². The van der Waals surface area contributed by atoms with Crippen LogP contribution in [0.1, 0.15) is 43.2 Å². The zero-order chi connectivity index (χ0) is 17.0. The molecule has 0 aliphatic carbocycles. The van der Waals surface area contributed by atoms with Gasteiger partial charge in [-0.15, -0.1) is 0 Å². The maximum absolute atomic E-state index is 12.0. The van der Waals surface area contributed by atoms with E-state index in [9.17, 15) is 9.59 Å². The molecule has 124 valence electrons. The number of rotatable bonds is 2. The van der Waals surface area contributed by atoms with Gasteiger partial charge in [-0.2, -0.15) is 0 Å². The lowest BCUT2D eigenvalue weighted by atomic mass is 10.00. The average Bonchev–Trinajstić information content (AvgIpc) is 2.53. The van der Waals surface area contributed by atoms with Gasteiger partial charge in [0.15, 0.2) is 0 Å². The fourth-order valence-electron chi connectivity index (χ4n) is 2.27. The zero-order valence-electron chi connectivity index (χ0n) is 14.0. The number of pyridine rings is 1. The minimum atomic E-state index is -0.498. The molecule has 23 heavy (non-hydrogen) atoms. The van der Waals surface area contributed by atoms with Crippen LogP contribution in [0.5, 0.6) is 0 Å². The van der Waals surface area contributed by atoms with Crippen LogP contribution in [0.4, 0.5) is 4.79 Å². The molecule has 0 aromatic carbocycles. The first-order chi connectivity index (χ1) is 10.8. The van der Waals surface area contributed by atoms with E-state index in [1.165, 1.54) is 7.11 Å².